The maximum atomic E-state index is 5.44. The molecule has 0 aliphatic carbocycles. The van der Waals surface area contributed by atoms with E-state index in [0.29, 0.717) is 0 Å². The molecule has 29 heavy (non-hydrogen) atoms. The molecule has 6 heteroatoms. The SMILES string of the molecule is CN=C(NCc1ccc(N2CCOCC2)cc1)N1CCN(c2ccccc2)CC1. The second-order valence-corrected chi connectivity index (χ2v) is 7.48. The summed E-state index contributed by atoms with van der Waals surface area (Å²) >= 11 is 0. The molecule has 0 unspecified atom stereocenters. The van der Waals surface area contributed by atoms with E-state index in [1.807, 2.05) is 7.05 Å². The van der Waals surface area contributed by atoms with Gasteiger partial charge < -0.3 is 24.8 Å². The molecule has 1 N–H and O–H groups in total. The van der Waals surface area contributed by atoms with E-state index in [9.17, 15) is 0 Å². The van der Waals surface area contributed by atoms with Crippen LogP contribution in [0.3, 0.4) is 0 Å². The fourth-order valence-corrected chi connectivity index (χ4v) is 3.97. The normalized spacial score (nSPS) is 18.1. The van der Waals surface area contributed by atoms with E-state index in [-0.39, 0.29) is 0 Å². The van der Waals surface area contributed by atoms with Crippen LogP contribution in [0.25, 0.3) is 0 Å². The number of ether oxygens (including phenoxy) is 1. The lowest BCUT2D eigenvalue weighted by Crippen LogP contribution is -2.52. The molecular weight excluding hydrogens is 362 g/mol. The van der Waals surface area contributed by atoms with Crippen LogP contribution < -0.4 is 15.1 Å². The molecule has 0 atom stereocenters. The van der Waals surface area contributed by atoms with Gasteiger partial charge >= 0.3 is 0 Å². The lowest BCUT2D eigenvalue weighted by Gasteiger charge is -2.37. The van der Waals surface area contributed by atoms with Crippen molar-refractivity contribution >= 4 is 17.3 Å². The zero-order valence-corrected chi connectivity index (χ0v) is 17.3. The Morgan fingerprint density at radius 1 is 0.828 bits per heavy atom. The van der Waals surface area contributed by atoms with Gasteiger partial charge in [-0.15, -0.1) is 0 Å². The third-order valence-corrected chi connectivity index (χ3v) is 5.68. The zero-order chi connectivity index (χ0) is 19.9. The lowest BCUT2D eigenvalue weighted by atomic mass is 10.2. The first-order valence-corrected chi connectivity index (χ1v) is 10.5. The average molecular weight is 394 g/mol. The minimum Gasteiger partial charge on any atom is -0.378 e. The van der Waals surface area contributed by atoms with Crippen molar-refractivity contribution in [3.63, 3.8) is 0 Å². The Balaban J connectivity index is 1.27. The van der Waals surface area contributed by atoms with E-state index in [2.05, 4.69) is 79.6 Å². The van der Waals surface area contributed by atoms with Gasteiger partial charge in [0.2, 0.25) is 0 Å². The Morgan fingerprint density at radius 2 is 1.45 bits per heavy atom. The number of rotatable bonds is 4. The first-order valence-electron chi connectivity index (χ1n) is 10.5. The molecule has 2 fully saturated rings. The number of benzene rings is 2. The van der Waals surface area contributed by atoms with E-state index in [1.54, 1.807) is 0 Å². The van der Waals surface area contributed by atoms with Gasteiger partial charge in [-0.25, -0.2) is 0 Å². The molecule has 0 radical (unpaired) electrons. The number of nitrogens with zero attached hydrogens (tertiary/aromatic N) is 4. The average Bonchev–Trinajstić information content (AvgIpc) is 2.81. The van der Waals surface area contributed by atoms with Gasteiger partial charge in [0.15, 0.2) is 5.96 Å². The highest BCUT2D eigenvalue weighted by Gasteiger charge is 2.19. The molecule has 2 aromatic carbocycles. The molecule has 0 spiro atoms. The highest BCUT2D eigenvalue weighted by Crippen LogP contribution is 2.17. The van der Waals surface area contributed by atoms with E-state index in [0.717, 1.165) is 65.0 Å². The van der Waals surface area contributed by atoms with Crippen molar-refractivity contribution in [1.82, 2.24) is 10.2 Å². The Bertz CT molecular complexity index is 779. The molecular formula is C23H31N5O. The largest absolute Gasteiger partial charge is 0.378 e. The van der Waals surface area contributed by atoms with Gasteiger partial charge in [0.1, 0.15) is 0 Å². The fourth-order valence-electron chi connectivity index (χ4n) is 3.97. The molecule has 2 aliphatic heterocycles. The molecule has 2 heterocycles. The van der Waals surface area contributed by atoms with Crippen LogP contribution in [0.1, 0.15) is 5.56 Å². The van der Waals surface area contributed by atoms with Gasteiger partial charge in [-0.2, -0.15) is 0 Å². The Morgan fingerprint density at radius 3 is 2.10 bits per heavy atom. The van der Waals surface area contributed by atoms with Crippen molar-refractivity contribution in [2.75, 3.05) is 69.3 Å². The number of hydrogen-bond donors (Lipinski definition) is 1. The summed E-state index contributed by atoms with van der Waals surface area (Å²) < 4.78 is 5.44. The molecule has 2 aliphatic rings. The van der Waals surface area contributed by atoms with Gasteiger partial charge in [-0.1, -0.05) is 30.3 Å². The Hall–Kier alpha value is -2.73. The predicted molar refractivity (Wildman–Crippen MR) is 120 cm³/mol. The van der Waals surface area contributed by atoms with E-state index >= 15 is 0 Å². The highest BCUT2D eigenvalue weighted by atomic mass is 16.5. The van der Waals surface area contributed by atoms with Gasteiger partial charge in [0, 0.05) is 64.2 Å². The van der Waals surface area contributed by atoms with Gasteiger partial charge in [0.05, 0.1) is 13.2 Å². The summed E-state index contributed by atoms with van der Waals surface area (Å²) in [4.78, 5) is 11.7. The first-order chi connectivity index (χ1) is 14.3. The van der Waals surface area contributed by atoms with E-state index in [1.165, 1.54) is 16.9 Å². The number of hydrogen-bond acceptors (Lipinski definition) is 4. The summed E-state index contributed by atoms with van der Waals surface area (Å²) in [6.45, 7) is 8.34. The van der Waals surface area contributed by atoms with Gasteiger partial charge in [0.25, 0.3) is 0 Å². The topological polar surface area (TPSA) is 43.3 Å². The highest BCUT2D eigenvalue weighted by molar-refractivity contribution is 5.80. The smallest absolute Gasteiger partial charge is 0.194 e. The van der Waals surface area contributed by atoms with Crippen molar-refractivity contribution in [3.05, 3.63) is 60.2 Å². The van der Waals surface area contributed by atoms with Crippen LogP contribution >= 0.6 is 0 Å². The van der Waals surface area contributed by atoms with Crippen LogP contribution in [0.5, 0.6) is 0 Å². The number of anilines is 2. The van der Waals surface area contributed by atoms with E-state index < -0.39 is 0 Å². The van der Waals surface area contributed by atoms with Gasteiger partial charge in [-0.3, -0.25) is 4.99 Å². The number of piperazine rings is 1. The second kappa shape index (κ2) is 9.65. The summed E-state index contributed by atoms with van der Waals surface area (Å²) in [5.41, 5.74) is 3.85. The third-order valence-electron chi connectivity index (χ3n) is 5.68. The van der Waals surface area contributed by atoms with Crippen LogP contribution in [0, 0.1) is 0 Å². The number of aliphatic imine (C=N–C) groups is 1. The fraction of sp³-hybridized carbons (Fsp3) is 0.435. The Kier molecular flexibility index (Phi) is 6.52. The quantitative estimate of drug-likeness (QED) is 0.638. The van der Waals surface area contributed by atoms with Crippen molar-refractivity contribution in [2.45, 2.75) is 6.54 Å². The molecule has 0 amide bonds. The van der Waals surface area contributed by atoms with Crippen molar-refractivity contribution in [2.24, 2.45) is 4.99 Å². The van der Waals surface area contributed by atoms with Crippen LogP contribution in [0.2, 0.25) is 0 Å². The van der Waals surface area contributed by atoms with Crippen molar-refractivity contribution < 1.29 is 4.74 Å². The number of nitrogens with one attached hydrogen (secondary N) is 1. The zero-order valence-electron chi connectivity index (χ0n) is 17.3. The maximum absolute atomic E-state index is 5.44. The van der Waals surface area contributed by atoms with Crippen LogP contribution in [0.4, 0.5) is 11.4 Å². The molecule has 4 rings (SSSR count). The molecule has 0 bridgehead atoms. The summed E-state index contributed by atoms with van der Waals surface area (Å²) in [6.07, 6.45) is 0. The van der Waals surface area contributed by atoms with Crippen LogP contribution in [-0.4, -0.2) is 70.4 Å². The maximum Gasteiger partial charge on any atom is 0.194 e. The predicted octanol–water partition coefficient (Wildman–Crippen LogP) is 2.42. The molecule has 6 nitrogen and oxygen atoms in total. The summed E-state index contributed by atoms with van der Waals surface area (Å²) in [5.74, 6) is 0.981. The molecule has 0 saturated carbocycles. The number of para-hydroxylation sites is 1. The van der Waals surface area contributed by atoms with Crippen molar-refractivity contribution in [3.8, 4) is 0 Å². The summed E-state index contributed by atoms with van der Waals surface area (Å²) in [7, 11) is 1.87. The number of guanidine groups is 1. The molecule has 154 valence electrons. The van der Waals surface area contributed by atoms with E-state index in [4.69, 9.17) is 4.74 Å². The Labute approximate surface area is 173 Å². The second-order valence-electron chi connectivity index (χ2n) is 7.48. The summed E-state index contributed by atoms with van der Waals surface area (Å²) in [5, 5.41) is 3.53. The minimum atomic E-state index is 0.787. The molecule has 2 saturated heterocycles. The van der Waals surface area contributed by atoms with Crippen molar-refractivity contribution in [1.29, 1.82) is 0 Å². The minimum absolute atomic E-state index is 0.787. The molecule has 2 aromatic rings. The first kappa shape index (κ1) is 19.6. The summed E-state index contributed by atoms with van der Waals surface area (Å²) in [6, 6.07) is 19.5. The van der Waals surface area contributed by atoms with Crippen LogP contribution in [0.15, 0.2) is 59.6 Å². The standard InChI is InChI=1S/C23H31N5O/c1-24-23(28-13-11-26(12-14-28)21-5-3-2-4-6-21)25-19-20-7-9-22(10-8-20)27-15-17-29-18-16-27/h2-10H,11-19H2,1H3,(H,24,25). The lowest BCUT2D eigenvalue weighted by molar-refractivity contribution is 0.122. The number of morpholine rings is 1. The monoisotopic (exact) mass is 393 g/mol. The third kappa shape index (κ3) is 5.01. The van der Waals surface area contributed by atoms with Crippen LogP contribution in [-0.2, 0) is 11.3 Å². The van der Waals surface area contributed by atoms with Gasteiger partial charge in [-0.05, 0) is 29.8 Å². The molecule has 0 aromatic heterocycles.